The molecule has 4 rings (SSSR count). The average molecular weight is 491 g/mol. The van der Waals surface area contributed by atoms with E-state index in [1.165, 1.54) is 29.9 Å². The number of alkyl halides is 3. The number of Topliss-reactive ketones (excluding diaryl/α,β-unsaturated/α-hetero) is 1. The van der Waals surface area contributed by atoms with Crippen LogP contribution in [0.3, 0.4) is 0 Å². The average Bonchev–Trinajstić information content (AvgIpc) is 3.52. The molecule has 1 aliphatic carbocycles. The first-order valence-corrected chi connectivity index (χ1v) is 11.6. The highest BCUT2D eigenvalue weighted by molar-refractivity contribution is 7.09. The minimum Gasteiger partial charge on any atom is -0.472 e. The van der Waals surface area contributed by atoms with Gasteiger partial charge in [-0.25, -0.2) is 4.99 Å². The van der Waals surface area contributed by atoms with Gasteiger partial charge in [0.05, 0.1) is 34.7 Å². The summed E-state index contributed by atoms with van der Waals surface area (Å²) in [6.07, 6.45) is 1.71. The van der Waals surface area contributed by atoms with E-state index in [2.05, 4.69) is 4.99 Å². The van der Waals surface area contributed by atoms with Gasteiger partial charge in [-0.1, -0.05) is 19.1 Å². The zero-order chi connectivity index (χ0) is 24.5. The zero-order valence-corrected chi connectivity index (χ0v) is 19.0. The number of halogens is 3. The second-order valence-electron chi connectivity index (χ2n) is 8.23. The maximum absolute atomic E-state index is 14.1. The first kappa shape index (κ1) is 23.9. The number of fused-ring (bicyclic) bond motifs is 1. The van der Waals surface area contributed by atoms with Crippen LogP contribution in [0, 0.1) is 22.0 Å². The summed E-state index contributed by atoms with van der Waals surface area (Å²) in [5, 5.41) is 13.8. The molecular formula is C24H21F3N2O4S. The van der Waals surface area contributed by atoms with Crippen LogP contribution in [-0.2, 0) is 11.2 Å². The lowest BCUT2D eigenvalue weighted by Crippen LogP contribution is -2.28. The highest BCUT2D eigenvalue weighted by Gasteiger charge is 2.49. The molecule has 0 fully saturated rings. The Hall–Kier alpha value is -3.27. The van der Waals surface area contributed by atoms with E-state index in [-0.39, 0.29) is 18.4 Å². The van der Waals surface area contributed by atoms with Gasteiger partial charge >= 0.3 is 6.18 Å². The topological polar surface area (TPSA) is 85.7 Å². The number of hydrogen-bond donors (Lipinski definition) is 0. The quantitative estimate of drug-likeness (QED) is 0.332. The van der Waals surface area contributed by atoms with Crippen molar-refractivity contribution in [1.29, 1.82) is 0 Å². The first-order chi connectivity index (χ1) is 16.2. The molecule has 2 aromatic heterocycles. The Morgan fingerprint density at radius 3 is 2.79 bits per heavy atom. The monoisotopic (exact) mass is 490 g/mol. The summed E-state index contributed by atoms with van der Waals surface area (Å²) in [6.45, 7) is 1.63. The molecule has 6 nitrogen and oxygen atoms in total. The molecule has 34 heavy (non-hydrogen) atoms. The molecule has 0 bridgehead atoms. The predicted octanol–water partition coefficient (Wildman–Crippen LogP) is 6.40. The number of carbonyl (C=O) groups excluding carboxylic acids is 1. The van der Waals surface area contributed by atoms with Gasteiger partial charge in [-0.3, -0.25) is 14.9 Å². The number of thiophene rings is 1. The van der Waals surface area contributed by atoms with E-state index in [1.807, 2.05) is 17.5 Å². The zero-order valence-electron chi connectivity index (χ0n) is 18.2. The molecule has 10 heteroatoms. The molecule has 0 saturated heterocycles. The maximum atomic E-state index is 14.1. The Labute approximate surface area is 197 Å². The molecule has 2 unspecified atom stereocenters. The molecule has 2 atom stereocenters. The lowest BCUT2D eigenvalue weighted by atomic mass is 9.86. The molecule has 3 heterocycles. The van der Waals surface area contributed by atoms with Crippen LogP contribution < -0.4 is 0 Å². The van der Waals surface area contributed by atoms with Crippen molar-refractivity contribution < 1.29 is 27.3 Å². The molecule has 0 aromatic carbocycles. The van der Waals surface area contributed by atoms with Gasteiger partial charge in [0.1, 0.15) is 0 Å². The summed E-state index contributed by atoms with van der Waals surface area (Å²) < 4.78 is 47.4. The van der Waals surface area contributed by atoms with E-state index in [0.717, 1.165) is 11.0 Å². The third-order valence-corrected chi connectivity index (χ3v) is 6.91. The van der Waals surface area contributed by atoms with Gasteiger partial charge in [-0.2, -0.15) is 13.2 Å². The van der Waals surface area contributed by atoms with E-state index < -0.39 is 51.4 Å². The number of carbonyl (C=O) groups is 1. The summed E-state index contributed by atoms with van der Waals surface area (Å²) in [7, 11) is 0. The van der Waals surface area contributed by atoms with Crippen LogP contribution in [-0.4, -0.2) is 22.6 Å². The molecule has 1 aliphatic heterocycles. The number of furan rings is 1. The van der Waals surface area contributed by atoms with Crippen LogP contribution in [0.4, 0.5) is 13.2 Å². The third-order valence-electron chi connectivity index (χ3n) is 5.97. The third kappa shape index (κ3) is 4.82. The highest BCUT2D eigenvalue weighted by atomic mass is 32.1. The number of allylic oxidation sites excluding steroid dienone is 6. The van der Waals surface area contributed by atoms with Crippen LogP contribution in [0.15, 0.2) is 74.6 Å². The van der Waals surface area contributed by atoms with E-state index in [1.54, 1.807) is 13.0 Å². The molecule has 178 valence electrons. The lowest BCUT2D eigenvalue weighted by Gasteiger charge is -2.20. The van der Waals surface area contributed by atoms with Gasteiger partial charge in [0.2, 0.25) is 0 Å². The SMILES string of the molecule is CC(CCc1cccs1)C(=O)C1=C([N+](=O)[O-])C2CC/C=C(c3ccoc3)\C=C(\C(F)(F)F)C2=N1. The number of aryl methyl sites for hydroxylation is 1. The maximum Gasteiger partial charge on any atom is 0.418 e. The largest absolute Gasteiger partial charge is 0.472 e. The number of nitrogens with zero attached hydrogens (tertiary/aromatic N) is 2. The Morgan fingerprint density at radius 2 is 2.18 bits per heavy atom. The van der Waals surface area contributed by atoms with Crippen LogP contribution in [0.1, 0.15) is 36.6 Å². The fraction of sp³-hybridized carbons (Fsp3) is 0.333. The van der Waals surface area contributed by atoms with Crippen LogP contribution in [0.5, 0.6) is 0 Å². The number of nitro groups is 1. The normalized spacial score (nSPS) is 22.6. The van der Waals surface area contributed by atoms with Crippen molar-refractivity contribution in [2.75, 3.05) is 0 Å². The van der Waals surface area contributed by atoms with Crippen molar-refractivity contribution in [2.24, 2.45) is 16.8 Å². The molecule has 2 aromatic rings. The number of aliphatic imine (C=N–C) groups is 1. The summed E-state index contributed by atoms with van der Waals surface area (Å²) in [6, 6.07) is 5.35. The van der Waals surface area contributed by atoms with Crippen LogP contribution in [0.2, 0.25) is 0 Å². The van der Waals surface area contributed by atoms with E-state index >= 15 is 0 Å². The molecule has 0 saturated carbocycles. The van der Waals surface area contributed by atoms with Crippen LogP contribution in [0.25, 0.3) is 5.57 Å². The molecule has 0 spiro atoms. The highest BCUT2D eigenvalue weighted by Crippen LogP contribution is 2.42. The molecule has 2 aliphatic rings. The number of hydrogen-bond acceptors (Lipinski definition) is 6. The summed E-state index contributed by atoms with van der Waals surface area (Å²) in [5.74, 6) is -2.45. The van der Waals surface area contributed by atoms with Crippen molar-refractivity contribution in [3.63, 3.8) is 0 Å². The van der Waals surface area contributed by atoms with E-state index in [4.69, 9.17) is 4.42 Å². The molecule has 0 radical (unpaired) electrons. The summed E-state index contributed by atoms with van der Waals surface area (Å²) in [5.41, 5.74) is -1.82. The minimum absolute atomic E-state index is 0.0320. The fourth-order valence-corrected chi connectivity index (χ4v) is 4.92. The fourth-order valence-electron chi connectivity index (χ4n) is 4.20. The van der Waals surface area contributed by atoms with Crippen molar-refractivity contribution in [3.05, 3.63) is 85.8 Å². The Bertz CT molecular complexity index is 1210. The second kappa shape index (κ2) is 9.54. The van der Waals surface area contributed by atoms with Crippen molar-refractivity contribution in [2.45, 2.75) is 38.8 Å². The molecule has 0 N–H and O–H groups in total. The van der Waals surface area contributed by atoms with Gasteiger partial charge in [-0.15, -0.1) is 11.3 Å². The van der Waals surface area contributed by atoms with Gasteiger partial charge in [-0.05, 0) is 54.8 Å². The predicted molar refractivity (Wildman–Crippen MR) is 122 cm³/mol. The lowest BCUT2D eigenvalue weighted by molar-refractivity contribution is -0.431. The van der Waals surface area contributed by atoms with Gasteiger partial charge in [0, 0.05) is 16.4 Å². The molecular weight excluding hydrogens is 469 g/mol. The van der Waals surface area contributed by atoms with Gasteiger partial charge in [0.25, 0.3) is 5.70 Å². The minimum atomic E-state index is -4.82. The van der Waals surface area contributed by atoms with Crippen molar-refractivity contribution in [1.82, 2.24) is 0 Å². The standard InChI is InChI=1S/C24H21F3N2O4S/c1-14(7-8-17-5-3-11-34-17)23(30)21-22(29(31)32)18-6-2-4-15(16-9-10-33-13-16)12-19(20(18)28-21)24(25,26)27/h3-5,9-14,18H,2,6-8H2,1H3/b15-4+,19-12+. The number of rotatable bonds is 7. The van der Waals surface area contributed by atoms with Gasteiger partial charge < -0.3 is 4.42 Å². The second-order valence-corrected chi connectivity index (χ2v) is 9.26. The summed E-state index contributed by atoms with van der Waals surface area (Å²) >= 11 is 1.53. The van der Waals surface area contributed by atoms with Gasteiger partial charge in [0.15, 0.2) is 11.5 Å². The smallest absolute Gasteiger partial charge is 0.418 e. The van der Waals surface area contributed by atoms with Crippen LogP contribution >= 0.6 is 11.3 Å². The van der Waals surface area contributed by atoms with E-state index in [9.17, 15) is 28.1 Å². The van der Waals surface area contributed by atoms with Crippen molar-refractivity contribution in [3.8, 4) is 0 Å². The van der Waals surface area contributed by atoms with E-state index in [0.29, 0.717) is 18.4 Å². The Morgan fingerprint density at radius 1 is 1.38 bits per heavy atom. The Kier molecular flexibility index (Phi) is 6.70. The Balaban J connectivity index is 1.71. The number of ketones is 1. The summed E-state index contributed by atoms with van der Waals surface area (Å²) in [4.78, 5) is 29.4. The molecule has 0 amide bonds. The van der Waals surface area contributed by atoms with Crippen molar-refractivity contribution >= 4 is 28.4 Å². The first-order valence-electron chi connectivity index (χ1n) is 10.7.